The third-order valence-corrected chi connectivity index (χ3v) is 1.32. The van der Waals surface area contributed by atoms with E-state index in [9.17, 15) is 0 Å². The van der Waals surface area contributed by atoms with Gasteiger partial charge in [-0.2, -0.15) is 5.56 Å². The SMILES string of the molecule is [CH+]=Cc1ccc(C=[CH-])cc1. The molecule has 0 bridgehead atoms. The quantitative estimate of drug-likeness (QED) is 0.537. The molecule has 0 N–H and O–H groups in total. The molecule has 0 heteroatoms. The first kappa shape index (κ1) is 6.73. The molecular formula is C10H8. The summed E-state index contributed by atoms with van der Waals surface area (Å²) in [7, 11) is 0. The highest BCUT2D eigenvalue weighted by molar-refractivity contribution is 5.52. The van der Waals surface area contributed by atoms with Gasteiger partial charge in [-0.05, 0) is 0 Å². The second kappa shape index (κ2) is 2.95. The maximum absolute atomic E-state index is 5.27. The zero-order chi connectivity index (χ0) is 7.40. The Morgan fingerprint density at radius 1 is 1.10 bits per heavy atom. The number of hydrogen-bond acceptors (Lipinski definition) is 0. The van der Waals surface area contributed by atoms with Crippen LogP contribution in [-0.2, 0) is 0 Å². The lowest BCUT2D eigenvalue weighted by molar-refractivity contribution is 1.62. The lowest BCUT2D eigenvalue weighted by Gasteiger charge is -1.96. The predicted molar refractivity (Wildman–Crippen MR) is 44.0 cm³/mol. The van der Waals surface area contributed by atoms with Crippen LogP contribution in [0.3, 0.4) is 0 Å². The molecule has 10 heavy (non-hydrogen) atoms. The molecule has 0 heterocycles. The second-order valence-electron chi connectivity index (χ2n) is 2.00. The van der Waals surface area contributed by atoms with Gasteiger partial charge in [-0.25, -0.2) is 6.08 Å². The van der Waals surface area contributed by atoms with E-state index in [1.807, 2.05) is 24.3 Å². The van der Waals surface area contributed by atoms with Crippen molar-refractivity contribution in [3.05, 3.63) is 48.6 Å². The first-order valence-corrected chi connectivity index (χ1v) is 3.07. The van der Waals surface area contributed by atoms with Gasteiger partial charge in [0.05, 0.1) is 0 Å². The number of hydrogen-bond donors (Lipinski definition) is 0. The van der Waals surface area contributed by atoms with Crippen molar-refractivity contribution in [3.63, 3.8) is 0 Å². The van der Waals surface area contributed by atoms with Gasteiger partial charge in [0, 0.05) is 18.7 Å². The van der Waals surface area contributed by atoms with Gasteiger partial charge in [0.15, 0.2) is 6.08 Å². The van der Waals surface area contributed by atoms with Crippen molar-refractivity contribution < 1.29 is 0 Å². The van der Waals surface area contributed by atoms with Crippen LogP contribution in [0.25, 0.3) is 12.2 Å². The van der Waals surface area contributed by atoms with Gasteiger partial charge < -0.3 is 0 Å². The predicted octanol–water partition coefficient (Wildman–Crippen LogP) is 2.58. The summed E-state index contributed by atoms with van der Waals surface area (Å²) in [6.07, 6.45) is 3.11. The van der Waals surface area contributed by atoms with E-state index >= 15 is 0 Å². The molecule has 1 aromatic rings. The monoisotopic (exact) mass is 128 g/mol. The summed E-state index contributed by atoms with van der Waals surface area (Å²) in [4.78, 5) is 0. The molecule has 0 aromatic heterocycles. The van der Waals surface area contributed by atoms with Crippen LogP contribution in [0.15, 0.2) is 24.3 Å². The Morgan fingerprint density at radius 2 is 1.60 bits per heavy atom. The summed E-state index contributed by atoms with van der Waals surface area (Å²) in [5.74, 6) is 0. The minimum atomic E-state index is 1.01. The molecular weight excluding hydrogens is 120 g/mol. The average Bonchev–Trinajstić information content (AvgIpc) is 2.05. The van der Waals surface area contributed by atoms with E-state index in [1.165, 1.54) is 0 Å². The van der Waals surface area contributed by atoms with Gasteiger partial charge in [0.1, 0.15) is 5.56 Å². The smallest absolute Gasteiger partial charge is 0.159 e. The second-order valence-corrected chi connectivity index (χ2v) is 2.00. The summed E-state index contributed by atoms with van der Waals surface area (Å²) >= 11 is 0. The molecule has 0 nitrogen and oxygen atoms in total. The first-order valence-electron chi connectivity index (χ1n) is 3.07. The fraction of sp³-hybridized carbons (Fsp3) is 0. The van der Waals surface area contributed by atoms with Crippen LogP contribution in [0.2, 0.25) is 0 Å². The Morgan fingerprint density at radius 3 is 2.00 bits per heavy atom. The molecule has 0 fully saturated rings. The third kappa shape index (κ3) is 1.31. The fourth-order valence-corrected chi connectivity index (χ4v) is 0.718. The van der Waals surface area contributed by atoms with E-state index in [0.717, 1.165) is 11.1 Å². The molecule has 0 unspecified atom stereocenters. The van der Waals surface area contributed by atoms with Gasteiger partial charge in [0.2, 0.25) is 0 Å². The van der Waals surface area contributed by atoms with Crippen LogP contribution in [0.5, 0.6) is 0 Å². The molecule has 0 aliphatic rings. The van der Waals surface area contributed by atoms with Crippen LogP contribution in [0.1, 0.15) is 11.1 Å². The molecule has 0 radical (unpaired) electrons. The lowest BCUT2D eigenvalue weighted by atomic mass is 10.1. The number of rotatable bonds is 2. The maximum atomic E-state index is 5.27. The first-order chi connectivity index (χ1) is 4.86. The maximum Gasteiger partial charge on any atom is 0.159 e. The zero-order valence-electron chi connectivity index (χ0n) is 5.62. The van der Waals surface area contributed by atoms with E-state index in [1.54, 1.807) is 12.2 Å². The third-order valence-electron chi connectivity index (χ3n) is 1.32. The molecule has 48 valence electrons. The standard InChI is InChI=1S/C10H8/c1-3-9-5-7-10(4-2)8-6-9/h1-8H. The Balaban J connectivity index is 3.00. The molecule has 1 aromatic carbocycles. The van der Waals surface area contributed by atoms with Crippen molar-refractivity contribution in [2.24, 2.45) is 0 Å². The fourth-order valence-electron chi connectivity index (χ4n) is 0.718. The summed E-state index contributed by atoms with van der Waals surface area (Å²) < 4.78 is 0. The Hall–Kier alpha value is -1.39. The molecule has 0 aliphatic heterocycles. The lowest BCUT2D eigenvalue weighted by Crippen LogP contribution is -1.71. The number of benzene rings is 1. The summed E-state index contributed by atoms with van der Waals surface area (Å²) in [6, 6.07) is 7.66. The van der Waals surface area contributed by atoms with Gasteiger partial charge in [-0.3, -0.25) is 6.58 Å². The Labute approximate surface area is 61.5 Å². The average molecular weight is 128 g/mol. The minimum absolute atomic E-state index is 1.01. The molecule has 0 saturated heterocycles. The summed E-state index contributed by atoms with van der Waals surface area (Å²) in [5.41, 5.74) is 2.01. The molecule has 0 saturated carbocycles. The van der Waals surface area contributed by atoms with Gasteiger partial charge in [0.25, 0.3) is 0 Å². The van der Waals surface area contributed by atoms with Gasteiger partial charge >= 0.3 is 0 Å². The van der Waals surface area contributed by atoms with Crippen molar-refractivity contribution in [1.82, 2.24) is 0 Å². The largest absolute Gasteiger partial charge is 0.292 e. The van der Waals surface area contributed by atoms with Crippen LogP contribution in [0.4, 0.5) is 0 Å². The van der Waals surface area contributed by atoms with Crippen molar-refractivity contribution in [2.75, 3.05) is 0 Å². The molecule has 0 amide bonds. The molecule has 0 atom stereocenters. The van der Waals surface area contributed by atoms with E-state index in [2.05, 4.69) is 0 Å². The van der Waals surface area contributed by atoms with Crippen molar-refractivity contribution in [1.29, 1.82) is 0 Å². The highest BCUT2D eigenvalue weighted by Gasteiger charge is 1.88. The zero-order valence-corrected chi connectivity index (χ0v) is 5.62. The molecule has 1 rings (SSSR count). The van der Waals surface area contributed by atoms with Crippen molar-refractivity contribution in [2.45, 2.75) is 0 Å². The van der Waals surface area contributed by atoms with Crippen LogP contribution in [-0.4, -0.2) is 0 Å². The van der Waals surface area contributed by atoms with Crippen molar-refractivity contribution in [3.8, 4) is 0 Å². The van der Waals surface area contributed by atoms with E-state index < -0.39 is 0 Å². The van der Waals surface area contributed by atoms with E-state index in [-0.39, 0.29) is 0 Å². The highest BCUT2D eigenvalue weighted by Crippen LogP contribution is 2.05. The summed E-state index contributed by atoms with van der Waals surface area (Å²) in [6.45, 7) is 10.5. The Kier molecular flexibility index (Phi) is 1.99. The van der Waals surface area contributed by atoms with E-state index in [0.29, 0.717) is 0 Å². The minimum Gasteiger partial charge on any atom is -0.292 e. The van der Waals surface area contributed by atoms with Gasteiger partial charge in [-0.1, -0.05) is 0 Å². The molecule has 0 spiro atoms. The molecule has 0 aliphatic carbocycles. The van der Waals surface area contributed by atoms with Crippen LogP contribution < -0.4 is 0 Å². The topological polar surface area (TPSA) is 0 Å². The van der Waals surface area contributed by atoms with Crippen molar-refractivity contribution >= 4 is 12.2 Å². The Bertz CT molecular complexity index is 202. The van der Waals surface area contributed by atoms with Gasteiger partial charge in [-0.15, -0.1) is 12.1 Å². The van der Waals surface area contributed by atoms with Crippen LogP contribution in [0, 0.1) is 13.2 Å². The highest BCUT2D eigenvalue weighted by atomic mass is 13.9. The summed E-state index contributed by atoms with van der Waals surface area (Å²) in [5, 5.41) is 0. The van der Waals surface area contributed by atoms with E-state index in [4.69, 9.17) is 13.2 Å². The normalized spacial score (nSPS) is 8.70. The van der Waals surface area contributed by atoms with Crippen LogP contribution >= 0.6 is 0 Å².